The van der Waals surface area contributed by atoms with E-state index in [4.69, 9.17) is 9.47 Å². The largest absolute Gasteiger partial charge is 0.492 e. The highest BCUT2D eigenvalue weighted by atomic mass is 16.5. The van der Waals surface area contributed by atoms with Crippen molar-refractivity contribution >= 4 is 34.7 Å². The van der Waals surface area contributed by atoms with Crippen LogP contribution in [0.2, 0.25) is 0 Å². The lowest BCUT2D eigenvalue weighted by Crippen LogP contribution is -2.47. The van der Waals surface area contributed by atoms with Crippen molar-refractivity contribution in [2.75, 3.05) is 80.5 Å². The molecule has 1 fully saturated rings. The summed E-state index contributed by atoms with van der Waals surface area (Å²) < 4.78 is 10.9. The molecule has 4 rings (SSSR count). The Labute approximate surface area is 236 Å². The Hall–Kier alpha value is -4.24. The van der Waals surface area contributed by atoms with Crippen LogP contribution in [-0.2, 0) is 16.0 Å². The van der Waals surface area contributed by atoms with Gasteiger partial charge >= 0.3 is 6.09 Å². The number of benzene rings is 3. The summed E-state index contributed by atoms with van der Waals surface area (Å²) in [5.74, 6) is 0.585. The first-order valence-electron chi connectivity index (χ1n) is 13.7. The monoisotopic (exact) mass is 545 g/mol. The third-order valence-corrected chi connectivity index (χ3v) is 6.75. The Morgan fingerprint density at radius 1 is 0.900 bits per heavy atom. The molecule has 0 radical (unpaired) electrons. The molecule has 9 nitrogen and oxygen atoms in total. The van der Waals surface area contributed by atoms with Crippen LogP contribution in [0.25, 0.3) is 0 Å². The van der Waals surface area contributed by atoms with Crippen molar-refractivity contribution < 1.29 is 19.1 Å². The number of ether oxygens (including phenoxy) is 2. The van der Waals surface area contributed by atoms with Gasteiger partial charge in [0.1, 0.15) is 12.4 Å². The first-order chi connectivity index (χ1) is 19.4. The van der Waals surface area contributed by atoms with Crippen LogP contribution in [0.15, 0.2) is 72.8 Å². The Bertz CT molecular complexity index is 1260. The molecule has 0 aromatic heterocycles. The standard InChI is InChI=1S/C31H39N5O4/c1-4-39-29-11-6-5-10-28(29)33-31(38)40-21-20-35-16-18-36(19-17-35)27-9-7-8-25(23-27)32-30(37)22-24-12-14-26(15-13-24)34(2)3/h5-15,23H,4,16-22H2,1-3H3,(H,32,37)(H,33,38). The minimum Gasteiger partial charge on any atom is -0.492 e. The van der Waals surface area contributed by atoms with E-state index < -0.39 is 6.09 Å². The van der Waals surface area contributed by atoms with E-state index >= 15 is 0 Å². The zero-order valence-corrected chi connectivity index (χ0v) is 23.6. The van der Waals surface area contributed by atoms with Crippen LogP contribution in [0.3, 0.4) is 0 Å². The van der Waals surface area contributed by atoms with Crippen LogP contribution < -0.4 is 25.2 Å². The van der Waals surface area contributed by atoms with Gasteiger partial charge in [0.2, 0.25) is 5.91 Å². The van der Waals surface area contributed by atoms with Gasteiger partial charge in [0, 0.05) is 63.9 Å². The van der Waals surface area contributed by atoms with E-state index in [0.29, 0.717) is 37.6 Å². The molecule has 0 saturated carbocycles. The van der Waals surface area contributed by atoms with E-state index in [1.807, 2.05) is 86.6 Å². The van der Waals surface area contributed by atoms with Crippen LogP contribution in [0.1, 0.15) is 12.5 Å². The summed E-state index contributed by atoms with van der Waals surface area (Å²) in [7, 11) is 3.99. The van der Waals surface area contributed by atoms with Gasteiger partial charge < -0.3 is 24.6 Å². The van der Waals surface area contributed by atoms with Gasteiger partial charge in [-0.25, -0.2) is 4.79 Å². The molecule has 0 atom stereocenters. The molecular weight excluding hydrogens is 506 g/mol. The molecule has 0 spiro atoms. The molecule has 0 unspecified atom stereocenters. The normalized spacial score (nSPS) is 13.4. The van der Waals surface area contributed by atoms with Gasteiger partial charge in [-0.2, -0.15) is 0 Å². The second-order valence-electron chi connectivity index (χ2n) is 9.85. The summed E-state index contributed by atoms with van der Waals surface area (Å²) >= 11 is 0. The zero-order valence-electron chi connectivity index (χ0n) is 23.6. The van der Waals surface area contributed by atoms with Gasteiger partial charge in [-0.1, -0.05) is 30.3 Å². The third-order valence-electron chi connectivity index (χ3n) is 6.75. The highest BCUT2D eigenvalue weighted by Gasteiger charge is 2.18. The first kappa shape index (κ1) is 28.8. The number of carbonyl (C=O) groups is 2. The highest BCUT2D eigenvalue weighted by Crippen LogP contribution is 2.24. The summed E-state index contributed by atoms with van der Waals surface area (Å²) in [6.45, 7) is 6.81. The SMILES string of the molecule is CCOc1ccccc1NC(=O)OCCN1CCN(c2cccc(NC(=O)Cc3ccc(N(C)C)cc3)c2)CC1. The molecule has 212 valence electrons. The van der Waals surface area contributed by atoms with Gasteiger partial charge in [-0.3, -0.25) is 15.0 Å². The fourth-order valence-corrected chi connectivity index (χ4v) is 4.58. The van der Waals surface area contributed by atoms with Crippen molar-refractivity contribution in [1.82, 2.24) is 4.90 Å². The minimum atomic E-state index is -0.491. The predicted octanol–water partition coefficient (Wildman–Crippen LogP) is 4.70. The summed E-state index contributed by atoms with van der Waals surface area (Å²) in [4.78, 5) is 31.5. The lowest BCUT2D eigenvalue weighted by molar-refractivity contribution is -0.115. The number of rotatable bonds is 11. The molecule has 1 aliphatic rings. The predicted molar refractivity (Wildman–Crippen MR) is 161 cm³/mol. The number of hydrogen-bond donors (Lipinski definition) is 2. The topological polar surface area (TPSA) is 86.4 Å². The molecule has 3 aromatic carbocycles. The number of piperazine rings is 1. The van der Waals surface area contributed by atoms with E-state index in [1.165, 1.54) is 0 Å². The zero-order chi connectivity index (χ0) is 28.3. The Kier molecular flexibility index (Phi) is 10.2. The van der Waals surface area contributed by atoms with E-state index in [2.05, 4.69) is 26.5 Å². The number of nitrogens with zero attached hydrogens (tertiary/aromatic N) is 3. The number of amides is 2. The number of para-hydroxylation sites is 2. The third kappa shape index (κ3) is 8.38. The van der Waals surface area contributed by atoms with Crippen molar-refractivity contribution in [3.05, 3.63) is 78.4 Å². The molecular formula is C31H39N5O4. The Morgan fingerprint density at radius 3 is 2.38 bits per heavy atom. The van der Waals surface area contributed by atoms with Gasteiger partial charge in [-0.05, 0) is 55.0 Å². The molecule has 1 heterocycles. The second-order valence-corrected chi connectivity index (χ2v) is 9.85. The van der Waals surface area contributed by atoms with Crippen LogP contribution in [0.4, 0.5) is 27.5 Å². The van der Waals surface area contributed by atoms with Crippen molar-refractivity contribution in [1.29, 1.82) is 0 Å². The van der Waals surface area contributed by atoms with Gasteiger partial charge in [0.15, 0.2) is 0 Å². The molecule has 3 aromatic rings. The van der Waals surface area contributed by atoms with E-state index in [-0.39, 0.29) is 5.91 Å². The van der Waals surface area contributed by atoms with Gasteiger partial charge in [0.25, 0.3) is 0 Å². The molecule has 2 N–H and O–H groups in total. The van der Waals surface area contributed by atoms with Crippen LogP contribution in [0, 0.1) is 0 Å². The van der Waals surface area contributed by atoms with Crippen molar-refractivity contribution in [3.63, 3.8) is 0 Å². The lowest BCUT2D eigenvalue weighted by Gasteiger charge is -2.36. The number of hydrogen-bond acceptors (Lipinski definition) is 7. The lowest BCUT2D eigenvalue weighted by atomic mass is 10.1. The fraction of sp³-hybridized carbons (Fsp3) is 0.355. The molecule has 0 bridgehead atoms. The number of carbonyl (C=O) groups excluding carboxylic acids is 2. The number of anilines is 4. The van der Waals surface area contributed by atoms with E-state index in [1.54, 1.807) is 6.07 Å². The average molecular weight is 546 g/mol. The maximum atomic E-state index is 12.6. The molecule has 1 saturated heterocycles. The van der Waals surface area contributed by atoms with Gasteiger partial charge in [-0.15, -0.1) is 0 Å². The van der Waals surface area contributed by atoms with Crippen LogP contribution in [0.5, 0.6) is 5.75 Å². The highest BCUT2D eigenvalue weighted by molar-refractivity contribution is 5.92. The van der Waals surface area contributed by atoms with E-state index in [9.17, 15) is 9.59 Å². The summed E-state index contributed by atoms with van der Waals surface area (Å²) in [5.41, 5.74) is 4.55. The maximum Gasteiger partial charge on any atom is 0.411 e. The quantitative estimate of drug-likeness (QED) is 0.361. The van der Waals surface area contributed by atoms with Crippen molar-refractivity contribution in [3.8, 4) is 5.75 Å². The Morgan fingerprint density at radius 2 is 1.65 bits per heavy atom. The van der Waals surface area contributed by atoms with Crippen LogP contribution in [-0.4, -0.2) is 76.9 Å². The van der Waals surface area contributed by atoms with Gasteiger partial charge in [0.05, 0.1) is 18.7 Å². The van der Waals surface area contributed by atoms with Crippen molar-refractivity contribution in [2.45, 2.75) is 13.3 Å². The van der Waals surface area contributed by atoms with E-state index in [0.717, 1.165) is 48.8 Å². The van der Waals surface area contributed by atoms with Crippen LogP contribution >= 0.6 is 0 Å². The minimum absolute atomic E-state index is 0.0370. The molecule has 2 amide bonds. The summed E-state index contributed by atoms with van der Waals surface area (Å²) in [6, 6.07) is 23.3. The second kappa shape index (κ2) is 14.2. The maximum absolute atomic E-state index is 12.6. The number of nitrogens with one attached hydrogen (secondary N) is 2. The summed E-state index contributed by atoms with van der Waals surface area (Å²) in [5, 5.41) is 5.79. The smallest absolute Gasteiger partial charge is 0.411 e. The molecule has 0 aliphatic carbocycles. The molecule has 1 aliphatic heterocycles. The Balaban J connectivity index is 1.19. The van der Waals surface area contributed by atoms with Crippen molar-refractivity contribution in [2.24, 2.45) is 0 Å². The first-order valence-corrected chi connectivity index (χ1v) is 13.7. The molecule has 9 heteroatoms. The fourth-order valence-electron chi connectivity index (χ4n) is 4.58. The molecule has 40 heavy (non-hydrogen) atoms. The average Bonchev–Trinajstić information content (AvgIpc) is 2.95. The summed E-state index contributed by atoms with van der Waals surface area (Å²) in [6.07, 6.45) is -0.161.